The van der Waals surface area contributed by atoms with Crippen molar-refractivity contribution in [2.45, 2.75) is 0 Å². The summed E-state index contributed by atoms with van der Waals surface area (Å²) < 4.78 is 9.91. The Balaban J connectivity index is 2.54. The van der Waals surface area contributed by atoms with E-state index in [1.54, 1.807) is 6.07 Å². The summed E-state index contributed by atoms with van der Waals surface area (Å²) in [5.41, 5.74) is 0.691. The van der Waals surface area contributed by atoms with E-state index in [-0.39, 0.29) is 23.3 Å². The first-order valence-corrected chi connectivity index (χ1v) is 7.87. The van der Waals surface area contributed by atoms with Crippen LogP contribution >= 0.6 is 35.4 Å². The molecule has 2 rings (SSSR count). The molecule has 128 valence electrons. The Morgan fingerprint density at radius 1 is 1.33 bits per heavy atom. The van der Waals surface area contributed by atoms with Gasteiger partial charge in [0.25, 0.3) is 5.91 Å². The van der Waals surface area contributed by atoms with Gasteiger partial charge in [-0.05, 0) is 30.4 Å². The van der Waals surface area contributed by atoms with Crippen LogP contribution in [0.15, 0.2) is 17.8 Å². The largest absolute Gasteiger partial charge is 0.495 e. The first kappa shape index (κ1) is 18.5. The lowest BCUT2D eigenvalue weighted by atomic mass is 10.1. The molecule has 0 saturated carbocycles. The van der Waals surface area contributed by atoms with Crippen LogP contribution < -0.4 is 4.74 Å². The van der Waals surface area contributed by atoms with Crippen LogP contribution in [-0.2, 0) is 14.3 Å². The molecule has 0 bridgehead atoms. The Kier molecular flexibility index (Phi) is 5.69. The minimum atomic E-state index is -0.526. The molecule has 0 aromatic heterocycles. The average Bonchev–Trinajstić information content (AvgIpc) is 2.72. The topological polar surface area (TPSA) is 59.1 Å². The van der Waals surface area contributed by atoms with Crippen LogP contribution in [0.3, 0.4) is 0 Å². The maximum absolute atomic E-state index is 12.4. The van der Waals surface area contributed by atoms with E-state index < -0.39 is 5.97 Å². The van der Waals surface area contributed by atoms with E-state index in [9.17, 15) is 9.59 Å². The maximum Gasteiger partial charge on any atom is 0.325 e. The molecular weight excluding hydrogens is 375 g/mol. The number of nitrogens with zero attached hydrogens (tertiary/aromatic N) is 2. The van der Waals surface area contributed by atoms with Crippen molar-refractivity contribution >= 4 is 58.5 Å². The number of amides is 1. The van der Waals surface area contributed by atoms with Crippen LogP contribution in [0.5, 0.6) is 5.75 Å². The summed E-state index contributed by atoms with van der Waals surface area (Å²) >= 11 is 17.3. The van der Waals surface area contributed by atoms with Crippen molar-refractivity contribution in [1.82, 2.24) is 9.80 Å². The molecule has 1 saturated heterocycles. The number of carbonyl (C=O) groups excluding carboxylic acids is 2. The normalized spacial score (nSPS) is 16.1. The molecule has 6 nitrogen and oxygen atoms in total. The van der Waals surface area contributed by atoms with E-state index in [1.807, 2.05) is 0 Å². The second kappa shape index (κ2) is 7.38. The highest BCUT2D eigenvalue weighted by Crippen LogP contribution is 2.35. The van der Waals surface area contributed by atoms with E-state index in [2.05, 4.69) is 4.74 Å². The number of ether oxygens (including phenoxy) is 2. The second-order valence-electron chi connectivity index (χ2n) is 4.85. The number of methoxy groups -OCH3 is 2. The fourth-order valence-electron chi connectivity index (χ4n) is 2.19. The lowest BCUT2D eigenvalue weighted by Crippen LogP contribution is -2.33. The number of benzene rings is 1. The molecule has 1 fully saturated rings. The number of likely N-dealkylation sites (N-methyl/N-ethyl adjacent to an activating group) is 1. The third-order valence-corrected chi connectivity index (χ3v) is 4.37. The van der Waals surface area contributed by atoms with Gasteiger partial charge in [0.1, 0.15) is 18.0 Å². The fraction of sp³-hybridized carbons (Fsp3) is 0.267. The van der Waals surface area contributed by atoms with E-state index in [1.165, 1.54) is 43.2 Å². The highest BCUT2D eigenvalue weighted by atomic mass is 35.5. The van der Waals surface area contributed by atoms with Crippen LogP contribution in [0.1, 0.15) is 5.56 Å². The van der Waals surface area contributed by atoms with Crippen molar-refractivity contribution in [3.05, 3.63) is 33.4 Å². The second-order valence-corrected chi connectivity index (χ2v) is 6.06. The third kappa shape index (κ3) is 3.48. The highest BCUT2D eigenvalue weighted by Gasteiger charge is 2.37. The van der Waals surface area contributed by atoms with Gasteiger partial charge in [-0.25, -0.2) is 0 Å². The Bertz CT molecular complexity index is 751. The molecule has 1 heterocycles. The lowest BCUT2D eigenvalue weighted by Gasteiger charge is -2.17. The maximum atomic E-state index is 12.4. The van der Waals surface area contributed by atoms with Gasteiger partial charge in [-0.1, -0.05) is 23.2 Å². The minimum Gasteiger partial charge on any atom is -0.495 e. The van der Waals surface area contributed by atoms with Gasteiger partial charge < -0.3 is 14.4 Å². The van der Waals surface area contributed by atoms with Gasteiger partial charge in [0, 0.05) is 17.6 Å². The summed E-state index contributed by atoms with van der Waals surface area (Å²) in [5.74, 6) is -0.524. The van der Waals surface area contributed by atoms with Crippen LogP contribution in [0, 0.1) is 0 Å². The van der Waals surface area contributed by atoms with Crippen molar-refractivity contribution in [2.75, 3.05) is 27.8 Å². The molecule has 1 amide bonds. The van der Waals surface area contributed by atoms with Crippen LogP contribution in [0.2, 0.25) is 10.0 Å². The van der Waals surface area contributed by atoms with E-state index in [0.29, 0.717) is 21.4 Å². The molecule has 9 heteroatoms. The van der Waals surface area contributed by atoms with Crippen molar-refractivity contribution in [1.29, 1.82) is 0 Å². The minimum absolute atomic E-state index is 0.187. The monoisotopic (exact) mass is 388 g/mol. The Morgan fingerprint density at radius 2 is 2.00 bits per heavy atom. The van der Waals surface area contributed by atoms with Crippen molar-refractivity contribution in [3.63, 3.8) is 0 Å². The summed E-state index contributed by atoms with van der Waals surface area (Å²) in [4.78, 5) is 26.7. The Labute approximate surface area is 154 Å². The molecule has 0 unspecified atom stereocenters. The molecule has 24 heavy (non-hydrogen) atoms. The van der Waals surface area contributed by atoms with Gasteiger partial charge in [0.15, 0.2) is 5.11 Å². The molecule has 0 aliphatic carbocycles. The van der Waals surface area contributed by atoms with E-state index >= 15 is 0 Å². The quantitative estimate of drug-likeness (QED) is 0.448. The van der Waals surface area contributed by atoms with Gasteiger partial charge in [-0.15, -0.1) is 0 Å². The first-order valence-electron chi connectivity index (χ1n) is 6.71. The molecule has 1 aromatic rings. The fourth-order valence-corrected chi connectivity index (χ4v) is 3.03. The Hall–Kier alpha value is -1.83. The highest BCUT2D eigenvalue weighted by molar-refractivity contribution is 7.80. The summed E-state index contributed by atoms with van der Waals surface area (Å²) in [7, 11) is 4.24. The lowest BCUT2D eigenvalue weighted by molar-refractivity contribution is -0.140. The average molecular weight is 389 g/mol. The van der Waals surface area contributed by atoms with Crippen LogP contribution in [-0.4, -0.2) is 54.6 Å². The van der Waals surface area contributed by atoms with Crippen LogP contribution in [0.25, 0.3) is 6.08 Å². The van der Waals surface area contributed by atoms with Crippen molar-refractivity contribution in [3.8, 4) is 5.75 Å². The number of rotatable bonds is 4. The van der Waals surface area contributed by atoms with Gasteiger partial charge in [0.05, 0.1) is 19.2 Å². The van der Waals surface area contributed by atoms with E-state index in [0.717, 1.165) is 0 Å². The molecule has 1 aromatic carbocycles. The zero-order valence-corrected chi connectivity index (χ0v) is 15.5. The first-order chi connectivity index (χ1) is 11.3. The number of hydrogen-bond donors (Lipinski definition) is 0. The Morgan fingerprint density at radius 3 is 2.58 bits per heavy atom. The molecular formula is C15H14Cl2N2O4S. The summed E-state index contributed by atoms with van der Waals surface area (Å²) in [6.07, 6.45) is 1.53. The summed E-state index contributed by atoms with van der Waals surface area (Å²) in [5, 5.41) is 0.884. The van der Waals surface area contributed by atoms with Crippen molar-refractivity contribution < 1.29 is 19.1 Å². The molecule has 0 atom stereocenters. The predicted molar refractivity (Wildman–Crippen MR) is 95.1 cm³/mol. The number of hydrogen-bond acceptors (Lipinski definition) is 5. The zero-order chi connectivity index (χ0) is 18.0. The van der Waals surface area contributed by atoms with Crippen molar-refractivity contribution in [2.24, 2.45) is 0 Å². The number of carbonyl (C=O) groups is 2. The van der Waals surface area contributed by atoms with E-state index in [4.69, 9.17) is 40.2 Å². The molecule has 0 radical (unpaired) electrons. The van der Waals surface area contributed by atoms with Gasteiger partial charge in [-0.2, -0.15) is 0 Å². The summed E-state index contributed by atoms with van der Waals surface area (Å²) in [6, 6.07) is 3.13. The number of thiocarbonyl (C=S) groups is 1. The predicted octanol–water partition coefficient (Wildman–Crippen LogP) is 2.57. The van der Waals surface area contributed by atoms with Gasteiger partial charge in [0.2, 0.25) is 0 Å². The smallest absolute Gasteiger partial charge is 0.325 e. The van der Waals surface area contributed by atoms with Gasteiger partial charge in [-0.3, -0.25) is 14.5 Å². The molecule has 1 aliphatic rings. The summed E-state index contributed by atoms with van der Waals surface area (Å²) in [6.45, 7) is -0.187. The molecule has 0 N–H and O–H groups in total. The SMILES string of the molecule is COC(=O)CN1C(=S)N(C)C(=O)/C1=C/c1cc(Cl)cc(Cl)c1OC. The third-order valence-electron chi connectivity index (χ3n) is 3.38. The van der Waals surface area contributed by atoms with Gasteiger partial charge >= 0.3 is 5.97 Å². The number of halogens is 2. The zero-order valence-electron chi connectivity index (χ0n) is 13.1. The molecule has 0 spiro atoms. The number of esters is 1. The molecule has 1 aliphatic heterocycles. The standard InChI is InChI=1S/C15H14Cl2N2O4S/c1-18-14(21)11(19(15(18)24)7-12(20)22-2)5-8-4-9(16)6-10(17)13(8)23-3/h4-6H,7H2,1-3H3/b11-5-. The van der Waals surface area contributed by atoms with Crippen LogP contribution in [0.4, 0.5) is 0 Å².